The van der Waals surface area contributed by atoms with Crippen molar-refractivity contribution in [3.05, 3.63) is 53.3 Å². The number of aryl methyl sites for hydroxylation is 2. The number of piperidine rings is 1. The molecular weight excluding hydrogens is 338 g/mol. The first-order valence-electron chi connectivity index (χ1n) is 9.77. The minimum Gasteiger partial charge on any atom is -0.451 e. The van der Waals surface area contributed by atoms with Crippen molar-refractivity contribution in [3.8, 4) is 0 Å². The zero-order valence-electron chi connectivity index (χ0n) is 16.5. The Hall–Kier alpha value is -2.56. The van der Waals surface area contributed by atoms with Crippen molar-refractivity contribution < 1.29 is 9.21 Å². The molecule has 1 aliphatic heterocycles. The van der Waals surface area contributed by atoms with Crippen LogP contribution in [0.3, 0.4) is 0 Å². The van der Waals surface area contributed by atoms with Crippen LogP contribution in [0.15, 0.2) is 35.0 Å². The number of hydrogen-bond acceptors (Lipinski definition) is 3. The Labute approximate surface area is 160 Å². The standard InChI is InChI=1S/C22H27N3O2/c1-14(2)25-11-9-23-21(25)17-6-5-10-24(13-17)22(26)20-16(4)18-12-15(3)7-8-19(18)27-20/h7-9,11-12,14,17H,5-6,10,13H2,1-4H3/t17-/m0/s1. The summed E-state index contributed by atoms with van der Waals surface area (Å²) in [6, 6.07) is 6.42. The highest BCUT2D eigenvalue weighted by molar-refractivity contribution is 5.99. The van der Waals surface area contributed by atoms with Crippen LogP contribution in [0.25, 0.3) is 11.0 Å². The maximum atomic E-state index is 13.2. The van der Waals surface area contributed by atoms with Gasteiger partial charge in [-0.25, -0.2) is 4.98 Å². The molecule has 0 radical (unpaired) electrons. The SMILES string of the molecule is Cc1ccc2oc(C(=O)N3CCC[C@H](c4nccn4C(C)C)C3)c(C)c2c1. The minimum absolute atomic E-state index is 0.00583. The molecule has 5 heteroatoms. The number of amides is 1. The second kappa shape index (κ2) is 6.87. The molecule has 1 amide bonds. The van der Waals surface area contributed by atoms with Crippen LogP contribution in [-0.2, 0) is 0 Å². The second-order valence-electron chi connectivity index (χ2n) is 7.93. The lowest BCUT2D eigenvalue weighted by molar-refractivity contribution is 0.0672. The largest absolute Gasteiger partial charge is 0.451 e. The van der Waals surface area contributed by atoms with Gasteiger partial charge in [0.25, 0.3) is 5.91 Å². The summed E-state index contributed by atoms with van der Waals surface area (Å²) in [6.45, 7) is 9.82. The number of likely N-dealkylation sites (tertiary alicyclic amines) is 1. The Morgan fingerprint density at radius 2 is 2.11 bits per heavy atom. The normalized spacial score (nSPS) is 17.8. The molecular formula is C22H27N3O2. The Kier molecular flexibility index (Phi) is 4.54. The molecule has 1 aliphatic rings. The molecule has 0 saturated carbocycles. The van der Waals surface area contributed by atoms with Crippen LogP contribution in [0.5, 0.6) is 0 Å². The van der Waals surface area contributed by atoms with Crippen molar-refractivity contribution >= 4 is 16.9 Å². The van der Waals surface area contributed by atoms with Crippen molar-refractivity contribution in [2.75, 3.05) is 13.1 Å². The molecule has 3 heterocycles. The lowest BCUT2D eigenvalue weighted by atomic mass is 9.96. The number of hydrogen-bond donors (Lipinski definition) is 0. The summed E-state index contributed by atoms with van der Waals surface area (Å²) in [4.78, 5) is 19.7. The van der Waals surface area contributed by atoms with Crippen molar-refractivity contribution in [3.63, 3.8) is 0 Å². The van der Waals surface area contributed by atoms with Gasteiger partial charge in [0.15, 0.2) is 5.76 Å². The third-order valence-corrected chi connectivity index (χ3v) is 5.61. The van der Waals surface area contributed by atoms with Gasteiger partial charge in [-0.15, -0.1) is 0 Å². The van der Waals surface area contributed by atoms with Gasteiger partial charge in [0.05, 0.1) is 0 Å². The van der Waals surface area contributed by atoms with E-state index in [1.165, 1.54) is 5.56 Å². The summed E-state index contributed by atoms with van der Waals surface area (Å²) < 4.78 is 8.16. The van der Waals surface area contributed by atoms with Crippen molar-refractivity contribution in [1.82, 2.24) is 14.5 Å². The maximum absolute atomic E-state index is 13.2. The summed E-state index contributed by atoms with van der Waals surface area (Å²) in [6.07, 6.45) is 5.94. The minimum atomic E-state index is -0.00583. The predicted molar refractivity (Wildman–Crippen MR) is 106 cm³/mol. The van der Waals surface area contributed by atoms with E-state index in [2.05, 4.69) is 36.4 Å². The van der Waals surface area contributed by atoms with E-state index in [9.17, 15) is 4.79 Å². The van der Waals surface area contributed by atoms with Crippen LogP contribution in [0.1, 0.15) is 66.2 Å². The number of fused-ring (bicyclic) bond motifs is 1. The van der Waals surface area contributed by atoms with Crippen LogP contribution in [0, 0.1) is 13.8 Å². The van der Waals surface area contributed by atoms with Gasteiger partial charge < -0.3 is 13.9 Å². The third kappa shape index (κ3) is 3.15. The molecule has 2 aromatic heterocycles. The molecule has 0 N–H and O–H groups in total. The van der Waals surface area contributed by atoms with Crippen molar-refractivity contribution in [2.24, 2.45) is 0 Å². The Morgan fingerprint density at radius 1 is 1.30 bits per heavy atom. The van der Waals surface area contributed by atoms with Crippen LogP contribution in [-0.4, -0.2) is 33.4 Å². The smallest absolute Gasteiger partial charge is 0.289 e. The lowest BCUT2D eigenvalue weighted by Crippen LogP contribution is -2.40. The van der Waals surface area contributed by atoms with Crippen LogP contribution in [0.2, 0.25) is 0 Å². The third-order valence-electron chi connectivity index (χ3n) is 5.61. The van der Waals surface area contributed by atoms with Crippen molar-refractivity contribution in [1.29, 1.82) is 0 Å². The number of imidazole rings is 1. The summed E-state index contributed by atoms with van der Waals surface area (Å²) in [7, 11) is 0. The molecule has 1 atom stereocenters. The number of nitrogens with zero attached hydrogens (tertiary/aromatic N) is 3. The molecule has 27 heavy (non-hydrogen) atoms. The van der Waals surface area contributed by atoms with E-state index < -0.39 is 0 Å². The van der Waals surface area contributed by atoms with E-state index in [1.54, 1.807) is 0 Å². The highest BCUT2D eigenvalue weighted by atomic mass is 16.3. The summed E-state index contributed by atoms with van der Waals surface area (Å²) >= 11 is 0. The molecule has 3 aromatic rings. The number of benzene rings is 1. The molecule has 0 aliphatic carbocycles. The molecule has 0 spiro atoms. The number of carbonyl (C=O) groups is 1. The molecule has 5 nitrogen and oxygen atoms in total. The van der Waals surface area contributed by atoms with Gasteiger partial charge >= 0.3 is 0 Å². The first-order valence-corrected chi connectivity index (χ1v) is 9.77. The number of furan rings is 1. The number of carbonyl (C=O) groups excluding carboxylic acids is 1. The first-order chi connectivity index (χ1) is 13.0. The molecule has 0 unspecified atom stereocenters. The van der Waals surface area contributed by atoms with E-state index in [-0.39, 0.29) is 11.8 Å². The van der Waals surface area contributed by atoms with Crippen LogP contribution in [0.4, 0.5) is 0 Å². The quantitative estimate of drug-likeness (QED) is 0.667. The fraction of sp³-hybridized carbons (Fsp3) is 0.455. The fourth-order valence-corrected chi connectivity index (χ4v) is 4.13. The molecule has 142 valence electrons. The van der Waals surface area contributed by atoms with Crippen molar-refractivity contribution in [2.45, 2.75) is 52.5 Å². The predicted octanol–water partition coefficient (Wildman–Crippen LogP) is 4.85. The van der Waals surface area contributed by atoms with Gasteiger partial charge in [0, 0.05) is 48.4 Å². The average molecular weight is 365 g/mol. The Bertz CT molecular complexity index is 983. The highest BCUT2D eigenvalue weighted by Crippen LogP contribution is 2.31. The second-order valence-corrected chi connectivity index (χ2v) is 7.93. The van der Waals surface area contributed by atoms with E-state index in [0.29, 0.717) is 18.3 Å². The lowest BCUT2D eigenvalue weighted by Gasteiger charge is -2.32. The molecule has 0 bridgehead atoms. The van der Waals surface area contributed by atoms with Gasteiger partial charge in [0.2, 0.25) is 0 Å². The van der Waals surface area contributed by atoms with Gasteiger partial charge in [-0.1, -0.05) is 11.6 Å². The molecule has 1 saturated heterocycles. The summed E-state index contributed by atoms with van der Waals surface area (Å²) in [5, 5.41) is 1.03. The average Bonchev–Trinajstić information content (AvgIpc) is 3.27. The highest BCUT2D eigenvalue weighted by Gasteiger charge is 2.30. The van der Waals surface area contributed by atoms with E-state index >= 15 is 0 Å². The number of aromatic nitrogens is 2. The number of rotatable bonds is 3. The zero-order valence-corrected chi connectivity index (χ0v) is 16.5. The summed E-state index contributed by atoms with van der Waals surface area (Å²) in [5.74, 6) is 1.82. The zero-order chi connectivity index (χ0) is 19.1. The van der Waals surface area contributed by atoms with Gasteiger partial charge in [-0.3, -0.25) is 4.79 Å². The van der Waals surface area contributed by atoms with Gasteiger partial charge in [0.1, 0.15) is 11.4 Å². The molecule has 1 aromatic carbocycles. The molecule has 1 fully saturated rings. The fourth-order valence-electron chi connectivity index (χ4n) is 4.13. The Balaban J connectivity index is 1.61. The first kappa shape index (κ1) is 17.8. The maximum Gasteiger partial charge on any atom is 0.289 e. The van der Waals surface area contributed by atoms with E-state index in [4.69, 9.17) is 4.42 Å². The van der Waals surface area contributed by atoms with Gasteiger partial charge in [-0.05, 0) is 52.7 Å². The van der Waals surface area contributed by atoms with Gasteiger partial charge in [-0.2, -0.15) is 0 Å². The molecule has 4 rings (SSSR count). The Morgan fingerprint density at radius 3 is 2.89 bits per heavy atom. The monoisotopic (exact) mass is 365 g/mol. The van der Waals surface area contributed by atoms with E-state index in [1.807, 2.05) is 36.4 Å². The van der Waals surface area contributed by atoms with Crippen LogP contribution < -0.4 is 0 Å². The summed E-state index contributed by atoms with van der Waals surface area (Å²) in [5.41, 5.74) is 2.89. The van der Waals surface area contributed by atoms with Crippen LogP contribution >= 0.6 is 0 Å². The van der Waals surface area contributed by atoms with E-state index in [0.717, 1.165) is 41.7 Å². The topological polar surface area (TPSA) is 51.3 Å².